The lowest BCUT2D eigenvalue weighted by molar-refractivity contribution is 0.232. The molecule has 1 saturated carbocycles. The van der Waals surface area contributed by atoms with Gasteiger partial charge in [-0.15, -0.1) is 10.2 Å². The minimum absolute atomic E-state index is 0.0768. The van der Waals surface area contributed by atoms with Crippen LogP contribution in [-0.2, 0) is 7.05 Å². The molecule has 1 fully saturated rings. The van der Waals surface area contributed by atoms with Gasteiger partial charge in [0.05, 0.1) is 12.1 Å². The van der Waals surface area contributed by atoms with E-state index in [0.717, 1.165) is 11.4 Å². The molecule has 2 atom stereocenters. The van der Waals surface area contributed by atoms with Gasteiger partial charge in [-0.1, -0.05) is 30.3 Å². The predicted molar refractivity (Wildman–Crippen MR) is 83.0 cm³/mol. The molecule has 6 nitrogen and oxygen atoms in total. The molecule has 0 unspecified atom stereocenters. The summed E-state index contributed by atoms with van der Waals surface area (Å²) in [4.78, 5) is 12.3. The van der Waals surface area contributed by atoms with Crippen LogP contribution in [0.5, 0.6) is 0 Å². The van der Waals surface area contributed by atoms with E-state index in [1.165, 1.54) is 12.8 Å². The molecule has 1 aromatic carbocycles. The van der Waals surface area contributed by atoms with Crippen molar-refractivity contribution < 1.29 is 4.79 Å². The maximum Gasteiger partial charge on any atom is 0.315 e. The Hall–Kier alpha value is -2.37. The van der Waals surface area contributed by atoms with E-state index in [1.54, 1.807) is 10.9 Å². The van der Waals surface area contributed by atoms with Crippen molar-refractivity contribution in [1.29, 1.82) is 0 Å². The average Bonchev–Trinajstić information content (AvgIpc) is 3.26. The molecule has 2 amide bonds. The number of rotatable bonds is 5. The van der Waals surface area contributed by atoms with Crippen LogP contribution in [0.15, 0.2) is 36.7 Å². The Kier molecular flexibility index (Phi) is 4.09. The van der Waals surface area contributed by atoms with Crippen LogP contribution >= 0.6 is 0 Å². The number of hydrogen-bond donors (Lipinski definition) is 2. The lowest BCUT2D eigenvalue weighted by atomic mass is 10.0. The van der Waals surface area contributed by atoms with E-state index in [1.807, 2.05) is 32.2 Å². The number of aromatic nitrogens is 3. The molecule has 2 aromatic rings. The van der Waals surface area contributed by atoms with Crippen LogP contribution in [-0.4, -0.2) is 20.8 Å². The molecule has 0 saturated heterocycles. The number of amides is 2. The molecular weight excluding hydrogens is 278 g/mol. The van der Waals surface area contributed by atoms with Gasteiger partial charge in [0.2, 0.25) is 0 Å². The zero-order valence-corrected chi connectivity index (χ0v) is 12.9. The van der Waals surface area contributed by atoms with Gasteiger partial charge >= 0.3 is 6.03 Å². The number of hydrogen-bond acceptors (Lipinski definition) is 3. The molecule has 1 heterocycles. The molecular formula is C16H21N5O. The highest BCUT2D eigenvalue weighted by Gasteiger charge is 2.33. The summed E-state index contributed by atoms with van der Waals surface area (Å²) in [6.07, 6.45) is 3.96. The first kappa shape index (κ1) is 14.6. The number of carbonyl (C=O) groups is 1. The second-order valence-corrected chi connectivity index (χ2v) is 5.87. The average molecular weight is 299 g/mol. The molecule has 22 heavy (non-hydrogen) atoms. The van der Waals surface area contributed by atoms with Crippen molar-refractivity contribution in [3.63, 3.8) is 0 Å². The molecule has 1 aliphatic carbocycles. The summed E-state index contributed by atoms with van der Waals surface area (Å²) in [6.45, 7) is 1.90. The Balaban J connectivity index is 1.64. The molecule has 1 aromatic heterocycles. The van der Waals surface area contributed by atoms with Crippen molar-refractivity contribution in [1.82, 2.24) is 25.4 Å². The van der Waals surface area contributed by atoms with Crippen LogP contribution in [0.4, 0.5) is 4.79 Å². The van der Waals surface area contributed by atoms with Gasteiger partial charge in [-0.05, 0) is 31.2 Å². The Labute approximate surface area is 129 Å². The van der Waals surface area contributed by atoms with Gasteiger partial charge in [0.1, 0.15) is 6.33 Å². The van der Waals surface area contributed by atoms with Crippen LogP contribution in [0.1, 0.15) is 43.2 Å². The van der Waals surface area contributed by atoms with Crippen LogP contribution in [0, 0.1) is 5.92 Å². The van der Waals surface area contributed by atoms with E-state index in [2.05, 4.69) is 33.0 Å². The fourth-order valence-electron chi connectivity index (χ4n) is 2.69. The molecule has 2 N–H and O–H groups in total. The quantitative estimate of drug-likeness (QED) is 0.890. The third-order valence-corrected chi connectivity index (χ3v) is 4.02. The maximum absolute atomic E-state index is 12.3. The standard InChI is InChI=1S/C16H21N5O/c1-11(15-20-17-10-21(15)2)18-16(22)19-14(13-8-9-13)12-6-4-3-5-7-12/h3-7,10-11,13-14H,8-9H2,1-2H3,(H2,18,19,22)/t11-,14+/m1/s1. The highest BCUT2D eigenvalue weighted by Crippen LogP contribution is 2.40. The van der Waals surface area contributed by atoms with Crippen molar-refractivity contribution in [2.45, 2.75) is 31.8 Å². The first-order chi connectivity index (χ1) is 10.6. The van der Waals surface area contributed by atoms with Gasteiger partial charge in [-0.25, -0.2) is 4.79 Å². The first-order valence-corrected chi connectivity index (χ1v) is 7.61. The predicted octanol–water partition coefficient (Wildman–Crippen LogP) is 2.33. The van der Waals surface area contributed by atoms with Crippen molar-refractivity contribution in [3.8, 4) is 0 Å². The summed E-state index contributed by atoms with van der Waals surface area (Å²) in [6, 6.07) is 9.85. The molecule has 0 bridgehead atoms. The Bertz CT molecular complexity index is 635. The fourth-order valence-corrected chi connectivity index (χ4v) is 2.69. The fraction of sp³-hybridized carbons (Fsp3) is 0.438. The van der Waals surface area contributed by atoms with E-state index >= 15 is 0 Å². The Morgan fingerprint density at radius 3 is 2.59 bits per heavy atom. The van der Waals surface area contributed by atoms with Crippen molar-refractivity contribution in [2.24, 2.45) is 13.0 Å². The topological polar surface area (TPSA) is 71.8 Å². The summed E-state index contributed by atoms with van der Waals surface area (Å²) >= 11 is 0. The third-order valence-electron chi connectivity index (χ3n) is 4.02. The van der Waals surface area contributed by atoms with E-state index in [9.17, 15) is 4.79 Å². The molecule has 6 heteroatoms. The van der Waals surface area contributed by atoms with E-state index < -0.39 is 0 Å². The SMILES string of the molecule is C[C@@H](NC(=O)N[C@@H](c1ccccc1)C1CC1)c1nncn1C. The molecule has 0 radical (unpaired) electrons. The molecule has 0 aliphatic heterocycles. The molecule has 1 aliphatic rings. The van der Waals surface area contributed by atoms with Gasteiger partial charge in [-0.3, -0.25) is 0 Å². The highest BCUT2D eigenvalue weighted by atomic mass is 16.2. The largest absolute Gasteiger partial charge is 0.331 e. The number of urea groups is 1. The first-order valence-electron chi connectivity index (χ1n) is 7.61. The number of aryl methyl sites for hydroxylation is 1. The second-order valence-electron chi connectivity index (χ2n) is 5.87. The van der Waals surface area contributed by atoms with Crippen LogP contribution in [0.3, 0.4) is 0 Å². The maximum atomic E-state index is 12.3. The van der Waals surface area contributed by atoms with E-state index in [0.29, 0.717) is 5.92 Å². The zero-order chi connectivity index (χ0) is 15.5. The van der Waals surface area contributed by atoms with Crippen molar-refractivity contribution in [2.75, 3.05) is 0 Å². The van der Waals surface area contributed by atoms with Crippen LogP contribution in [0.2, 0.25) is 0 Å². The second kappa shape index (κ2) is 6.17. The summed E-state index contributed by atoms with van der Waals surface area (Å²) in [5.74, 6) is 1.27. The van der Waals surface area contributed by atoms with Gasteiger partial charge in [0, 0.05) is 7.05 Å². The smallest absolute Gasteiger partial charge is 0.315 e. The van der Waals surface area contributed by atoms with Crippen LogP contribution < -0.4 is 10.6 Å². The molecule has 3 rings (SSSR count). The minimum atomic E-state index is -0.192. The highest BCUT2D eigenvalue weighted by molar-refractivity contribution is 5.75. The summed E-state index contributed by atoms with van der Waals surface area (Å²) in [5.41, 5.74) is 1.16. The van der Waals surface area contributed by atoms with E-state index in [-0.39, 0.29) is 18.1 Å². The number of carbonyl (C=O) groups excluding carboxylic acids is 1. The monoisotopic (exact) mass is 299 g/mol. The summed E-state index contributed by atoms with van der Waals surface area (Å²) in [7, 11) is 1.86. The zero-order valence-electron chi connectivity index (χ0n) is 12.9. The summed E-state index contributed by atoms with van der Waals surface area (Å²) < 4.78 is 1.81. The molecule has 116 valence electrons. The van der Waals surface area contributed by atoms with E-state index in [4.69, 9.17) is 0 Å². The lowest BCUT2D eigenvalue weighted by Gasteiger charge is -2.21. The number of nitrogens with zero attached hydrogens (tertiary/aromatic N) is 3. The van der Waals surface area contributed by atoms with Crippen molar-refractivity contribution >= 4 is 6.03 Å². The normalized spacial score (nSPS) is 16.8. The van der Waals surface area contributed by atoms with Crippen molar-refractivity contribution in [3.05, 3.63) is 48.0 Å². The van der Waals surface area contributed by atoms with Gasteiger partial charge in [0.15, 0.2) is 5.82 Å². The molecule has 0 spiro atoms. The third kappa shape index (κ3) is 3.27. The minimum Gasteiger partial charge on any atom is -0.331 e. The lowest BCUT2D eigenvalue weighted by Crippen LogP contribution is -2.40. The Morgan fingerprint density at radius 2 is 2.00 bits per heavy atom. The van der Waals surface area contributed by atoms with Gasteiger partial charge in [-0.2, -0.15) is 0 Å². The number of nitrogens with one attached hydrogen (secondary N) is 2. The Morgan fingerprint density at radius 1 is 1.27 bits per heavy atom. The number of benzene rings is 1. The van der Waals surface area contributed by atoms with Gasteiger partial charge < -0.3 is 15.2 Å². The van der Waals surface area contributed by atoms with Gasteiger partial charge in [0.25, 0.3) is 0 Å². The van der Waals surface area contributed by atoms with Crippen LogP contribution in [0.25, 0.3) is 0 Å². The summed E-state index contributed by atoms with van der Waals surface area (Å²) in [5, 5.41) is 13.9.